The minimum atomic E-state index is -0.434. The molecule has 0 aliphatic carbocycles. The van der Waals surface area contributed by atoms with Crippen molar-refractivity contribution in [1.29, 1.82) is 0 Å². The Balaban J connectivity index is 4.23. The number of hydrogen-bond acceptors (Lipinski definition) is 2. The molecule has 0 atom stereocenters. The summed E-state index contributed by atoms with van der Waals surface area (Å²) < 4.78 is 5.24. The van der Waals surface area contributed by atoms with Crippen LogP contribution in [0.4, 0.5) is 4.79 Å². The number of alkyl carbamates (subject to hydrolysis) is 1. The molecule has 0 aliphatic heterocycles. The molecule has 0 saturated carbocycles. The minimum Gasteiger partial charge on any atom is -0.444 e. The van der Waals surface area contributed by atoms with E-state index in [0.717, 1.165) is 12.8 Å². The molecule has 0 spiro atoms. The first-order valence-electron chi connectivity index (χ1n) is 6.84. The number of ether oxygens (including phenoxy) is 1. The highest BCUT2D eigenvalue weighted by molar-refractivity contribution is 5.67. The first kappa shape index (κ1) is 17.3. The Morgan fingerprint density at radius 2 is 1.50 bits per heavy atom. The van der Waals surface area contributed by atoms with Crippen molar-refractivity contribution in [1.82, 2.24) is 5.32 Å². The van der Waals surface area contributed by atoms with E-state index < -0.39 is 5.60 Å². The SMILES string of the molecule is CCC(C)(C)CC(C)(C)CNC(=O)OC(C)(C)C. The molecule has 0 saturated heterocycles. The van der Waals surface area contributed by atoms with Crippen molar-refractivity contribution < 1.29 is 9.53 Å². The van der Waals surface area contributed by atoms with E-state index in [1.165, 1.54) is 0 Å². The molecule has 0 aromatic carbocycles. The minimum absolute atomic E-state index is 0.0798. The van der Waals surface area contributed by atoms with Gasteiger partial charge in [0.1, 0.15) is 5.60 Å². The van der Waals surface area contributed by atoms with Gasteiger partial charge in [-0.1, -0.05) is 41.0 Å². The van der Waals surface area contributed by atoms with Crippen LogP contribution in [0.2, 0.25) is 0 Å². The van der Waals surface area contributed by atoms with Gasteiger partial charge in [0.25, 0.3) is 0 Å². The zero-order valence-electron chi connectivity index (χ0n) is 13.4. The highest BCUT2D eigenvalue weighted by atomic mass is 16.6. The van der Waals surface area contributed by atoms with Gasteiger partial charge in [-0.3, -0.25) is 0 Å². The van der Waals surface area contributed by atoms with Gasteiger partial charge in [0.2, 0.25) is 0 Å². The molecule has 3 nitrogen and oxygen atoms in total. The van der Waals surface area contributed by atoms with Crippen LogP contribution in [0, 0.1) is 10.8 Å². The lowest BCUT2D eigenvalue weighted by molar-refractivity contribution is 0.0492. The van der Waals surface area contributed by atoms with E-state index in [1.54, 1.807) is 0 Å². The largest absolute Gasteiger partial charge is 0.444 e. The highest BCUT2D eigenvalue weighted by Crippen LogP contribution is 2.35. The maximum Gasteiger partial charge on any atom is 0.407 e. The molecular weight excluding hydrogens is 226 g/mol. The number of carbonyl (C=O) groups is 1. The first-order chi connectivity index (χ1) is 7.87. The van der Waals surface area contributed by atoms with Crippen molar-refractivity contribution in [3.63, 3.8) is 0 Å². The zero-order chi connectivity index (χ0) is 14.6. The van der Waals surface area contributed by atoms with Gasteiger partial charge in [-0.2, -0.15) is 0 Å². The molecule has 108 valence electrons. The van der Waals surface area contributed by atoms with E-state index in [-0.39, 0.29) is 11.5 Å². The second kappa shape index (κ2) is 5.94. The second-order valence-electron chi connectivity index (χ2n) is 7.71. The Labute approximate surface area is 113 Å². The molecular formula is C15H31NO2. The van der Waals surface area contributed by atoms with E-state index >= 15 is 0 Å². The van der Waals surface area contributed by atoms with Crippen LogP contribution in [0.1, 0.15) is 68.2 Å². The standard InChI is InChI=1S/C15H31NO2/c1-9-14(5,6)10-15(7,8)11-16-12(17)18-13(2,3)4/h9-11H2,1-8H3,(H,16,17). The first-order valence-corrected chi connectivity index (χ1v) is 6.84. The highest BCUT2D eigenvalue weighted by Gasteiger charge is 2.28. The lowest BCUT2D eigenvalue weighted by atomic mass is 9.74. The normalized spacial score (nSPS) is 13.3. The van der Waals surface area contributed by atoms with Gasteiger partial charge >= 0.3 is 6.09 Å². The van der Waals surface area contributed by atoms with Crippen LogP contribution in [-0.4, -0.2) is 18.2 Å². The van der Waals surface area contributed by atoms with Crippen LogP contribution < -0.4 is 5.32 Å². The van der Waals surface area contributed by atoms with Gasteiger partial charge in [-0.25, -0.2) is 4.79 Å². The second-order valence-corrected chi connectivity index (χ2v) is 7.71. The van der Waals surface area contributed by atoms with Gasteiger partial charge in [-0.05, 0) is 38.0 Å². The molecule has 3 heteroatoms. The lowest BCUT2D eigenvalue weighted by Gasteiger charge is -2.34. The molecule has 0 heterocycles. The quantitative estimate of drug-likeness (QED) is 0.794. The van der Waals surface area contributed by atoms with Crippen LogP contribution in [0.25, 0.3) is 0 Å². The average Bonchev–Trinajstić information content (AvgIpc) is 2.11. The van der Waals surface area contributed by atoms with Gasteiger partial charge in [0, 0.05) is 6.54 Å². The Bertz CT molecular complexity index is 275. The summed E-state index contributed by atoms with van der Waals surface area (Å²) in [6.07, 6.45) is 1.89. The molecule has 18 heavy (non-hydrogen) atoms. The maximum absolute atomic E-state index is 11.6. The van der Waals surface area contributed by atoms with Crippen molar-refractivity contribution in [2.24, 2.45) is 10.8 Å². The van der Waals surface area contributed by atoms with Crippen LogP contribution in [-0.2, 0) is 4.74 Å². The van der Waals surface area contributed by atoms with Gasteiger partial charge in [0.15, 0.2) is 0 Å². The fourth-order valence-electron chi connectivity index (χ4n) is 2.11. The molecule has 0 rings (SSSR count). The van der Waals surface area contributed by atoms with Crippen molar-refractivity contribution >= 4 is 6.09 Å². The summed E-state index contributed by atoms with van der Waals surface area (Å²) in [6, 6.07) is 0. The molecule has 0 radical (unpaired) electrons. The van der Waals surface area contributed by atoms with Gasteiger partial charge < -0.3 is 10.1 Å². The van der Waals surface area contributed by atoms with Crippen molar-refractivity contribution in [2.75, 3.05) is 6.54 Å². The molecule has 0 aliphatic rings. The monoisotopic (exact) mass is 257 g/mol. The summed E-state index contributed by atoms with van der Waals surface area (Å²) >= 11 is 0. The Hall–Kier alpha value is -0.730. The average molecular weight is 257 g/mol. The topological polar surface area (TPSA) is 38.3 Å². The fraction of sp³-hybridized carbons (Fsp3) is 0.933. The molecule has 1 amide bonds. The summed E-state index contributed by atoms with van der Waals surface area (Å²) in [5.41, 5.74) is -0.0492. The molecule has 1 N–H and O–H groups in total. The van der Waals surface area contributed by atoms with Crippen LogP contribution in [0.3, 0.4) is 0 Å². The maximum atomic E-state index is 11.6. The summed E-state index contributed by atoms with van der Waals surface area (Å²) in [6.45, 7) is 17.4. The van der Waals surface area contributed by atoms with E-state index in [2.05, 4.69) is 39.9 Å². The molecule has 0 fully saturated rings. The smallest absolute Gasteiger partial charge is 0.407 e. The Kier molecular flexibility index (Phi) is 5.70. The number of nitrogens with one attached hydrogen (secondary N) is 1. The van der Waals surface area contributed by atoms with E-state index in [4.69, 9.17) is 4.74 Å². The zero-order valence-corrected chi connectivity index (χ0v) is 13.4. The molecule has 0 aromatic heterocycles. The number of rotatable bonds is 5. The summed E-state index contributed by atoms with van der Waals surface area (Å²) in [7, 11) is 0. The predicted octanol–water partition coefficient (Wildman–Crippen LogP) is 4.36. The Morgan fingerprint density at radius 3 is 1.89 bits per heavy atom. The van der Waals surface area contributed by atoms with Crippen LogP contribution in [0.5, 0.6) is 0 Å². The number of amides is 1. The molecule has 0 bridgehead atoms. The number of hydrogen-bond donors (Lipinski definition) is 1. The van der Waals surface area contributed by atoms with Crippen molar-refractivity contribution in [3.8, 4) is 0 Å². The lowest BCUT2D eigenvalue weighted by Crippen LogP contribution is -2.39. The van der Waals surface area contributed by atoms with E-state index in [1.807, 2.05) is 20.8 Å². The summed E-state index contributed by atoms with van der Waals surface area (Å²) in [4.78, 5) is 11.6. The third-order valence-corrected chi connectivity index (χ3v) is 3.02. The Morgan fingerprint density at radius 1 is 1.00 bits per heavy atom. The third-order valence-electron chi connectivity index (χ3n) is 3.02. The van der Waals surface area contributed by atoms with E-state index in [0.29, 0.717) is 12.0 Å². The summed E-state index contributed by atoms with van der Waals surface area (Å²) in [5, 5.41) is 2.86. The predicted molar refractivity (Wildman–Crippen MR) is 76.7 cm³/mol. The molecule has 0 unspecified atom stereocenters. The van der Waals surface area contributed by atoms with Crippen molar-refractivity contribution in [3.05, 3.63) is 0 Å². The van der Waals surface area contributed by atoms with Crippen LogP contribution >= 0.6 is 0 Å². The fourth-order valence-corrected chi connectivity index (χ4v) is 2.11. The van der Waals surface area contributed by atoms with Crippen molar-refractivity contribution in [2.45, 2.75) is 73.8 Å². The molecule has 0 aromatic rings. The van der Waals surface area contributed by atoms with Gasteiger partial charge in [0.05, 0.1) is 0 Å². The van der Waals surface area contributed by atoms with Crippen LogP contribution in [0.15, 0.2) is 0 Å². The number of carbonyl (C=O) groups excluding carboxylic acids is 1. The van der Waals surface area contributed by atoms with Gasteiger partial charge in [-0.15, -0.1) is 0 Å². The third kappa shape index (κ3) is 8.37. The summed E-state index contributed by atoms with van der Waals surface area (Å²) in [5.74, 6) is 0. The van der Waals surface area contributed by atoms with E-state index in [9.17, 15) is 4.79 Å².